The smallest absolute Gasteiger partial charge is 0.259 e. The standard InChI is InChI=1S/C18H21FN2O2/c1-11-15(17(22)21-9-12(10-21)18(2,3)4)16(20-23-11)13-7-5-6-8-14(13)19/h5-8,12H,9-10H2,1-4H3. The summed E-state index contributed by atoms with van der Waals surface area (Å²) >= 11 is 0. The van der Waals surface area contributed by atoms with Gasteiger partial charge in [-0.2, -0.15) is 0 Å². The number of nitrogens with zero attached hydrogens (tertiary/aromatic N) is 2. The minimum Gasteiger partial charge on any atom is -0.360 e. The normalized spacial score (nSPS) is 15.6. The molecule has 1 amide bonds. The van der Waals surface area contributed by atoms with Gasteiger partial charge in [0, 0.05) is 18.7 Å². The lowest BCUT2D eigenvalue weighted by atomic mass is 9.76. The maximum atomic E-state index is 14.0. The SMILES string of the molecule is Cc1onc(-c2ccccc2F)c1C(=O)N1CC(C(C)(C)C)C1. The van der Waals surface area contributed by atoms with Crippen molar-refractivity contribution in [1.29, 1.82) is 0 Å². The molecule has 1 aliphatic rings. The molecule has 3 rings (SSSR count). The van der Waals surface area contributed by atoms with Gasteiger partial charge in [-0.3, -0.25) is 4.79 Å². The summed E-state index contributed by atoms with van der Waals surface area (Å²) in [7, 11) is 0. The van der Waals surface area contributed by atoms with Crippen LogP contribution in [0.3, 0.4) is 0 Å². The molecule has 0 spiro atoms. The summed E-state index contributed by atoms with van der Waals surface area (Å²) in [5, 5.41) is 3.91. The molecule has 1 fully saturated rings. The molecule has 2 heterocycles. The van der Waals surface area contributed by atoms with Crippen LogP contribution >= 0.6 is 0 Å². The van der Waals surface area contributed by atoms with Gasteiger partial charge in [0.25, 0.3) is 5.91 Å². The van der Waals surface area contributed by atoms with Gasteiger partial charge < -0.3 is 9.42 Å². The zero-order valence-corrected chi connectivity index (χ0v) is 13.9. The third kappa shape index (κ3) is 2.76. The fourth-order valence-electron chi connectivity index (χ4n) is 2.81. The predicted molar refractivity (Wildman–Crippen MR) is 85.5 cm³/mol. The Balaban J connectivity index is 1.89. The summed E-state index contributed by atoms with van der Waals surface area (Å²) < 4.78 is 19.2. The van der Waals surface area contributed by atoms with Gasteiger partial charge in [-0.1, -0.05) is 38.1 Å². The molecule has 23 heavy (non-hydrogen) atoms. The van der Waals surface area contributed by atoms with E-state index < -0.39 is 5.82 Å². The Morgan fingerprint density at radius 3 is 2.57 bits per heavy atom. The summed E-state index contributed by atoms with van der Waals surface area (Å²) in [6.07, 6.45) is 0. The number of aryl methyl sites for hydroxylation is 1. The summed E-state index contributed by atoms with van der Waals surface area (Å²) in [5.74, 6) is 0.351. The van der Waals surface area contributed by atoms with E-state index >= 15 is 0 Å². The second-order valence-corrected chi connectivity index (χ2v) is 7.22. The van der Waals surface area contributed by atoms with E-state index in [4.69, 9.17) is 4.52 Å². The Morgan fingerprint density at radius 2 is 1.96 bits per heavy atom. The molecule has 0 saturated carbocycles. The zero-order chi connectivity index (χ0) is 16.8. The highest BCUT2D eigenvalue weighted by molar-refractivity contribution is 6.01. The average Bonchev–Trinajstić information content (AvgIpc) is 2.77. The lowest BCUT2D eigenvalue weighted by molar-refractivity contribution is 0.0210. The van der Waals surface area contributed by atoms with Crippen LogP contribution in [-0.2, 0) is 0 Å². The fourth-order valence-corrected chi connectivity index (χ4v) is 2.81. The van der Waals surface area contributed by atoms with Crippen LogP contribution < -0.4 is 0 Å². The van der Waals surface area contributed by atoms with Crippen molar-refractivity contribution in [2.45, 2.75) is 27.7 Å². The van der Waals surface area contributed by atoms with Gasteiger partial charge in [-0.25, -0.2) is 4.39 Å². The lowest BCUT2D eigenvalue weighted by Gasteiger charge is -2.46. The molecule has 0 bridgehead atoms. The summed E-state index contributed by atoms with van der Waals surface area (Å²) in [5.41, 5.74) is 1.11. The molecular formula is C18H21FN2O2. The number of aromatic nitrogens is 1. The van der Waals surface area contributed by atoms with Crippen molar-refractivity contribution in [3.05, 3.63) is 41.4 Å². The molecule has 0 unspecified atom stereocenters. The highest BCUT2D eigenvalue weighted by Crippen LogP contribution is 2.36. The number of rotatable bonds is 2. The predicted octanol–water partition coefficient (Wildman–Crippen LogP) is 3.91. The number of carbonyl (C=O) groups is 1. The highest BCUT2D eigenvalue weighted by atomic mass is 19.1. The molecule has 0 aliphatic carbocycles. The Kier molecular flexibility index (Phi) is 3.74. The van der Waals surface area contributed by atoms with E-state index in [-0.39, 0.29) is 17.0 Å². The zero-order valence-electron chi connectivity index (χ0n) is 13.9. The molecule has 2 aromatic rings. The Hall–Kier alpha value is -2.17. The summed E-state index contributed by atoms with van der Waals surface area (Å²) in [6.45, 7) is 9.64. The van der Waals surface area contributed by atoms with Crippen molar-refractivity contribution in [1.82, 2.24) is 10.1 Å². The number of likely N-dealkylation sites (tertiary alicyclic amines) is 1. The summed E-state index contributed by atoms with van der Waals surface area (Å²) in [4.78, 5) is 14.6. The van der Waals surface area contributed by atoms with Gasteiger partial charge in [-0.15, -0.1) is 0 Å². The first-order valence-corrected chi connectivity index (χ1v) is 7.79. The minimum atomic E-state index is -0.411. The number of amides is 1. The Labute approximate surface area is 135 Å². The maximum absolute atomic E-state index is 14.0. The van der Waals surface area contributed by atoms with Crippen LogP contribution in [0.5, 0.6) is 0 Å². The van der Waals surface area contributed by atoms with Crippen LogP contribution in [0, 0.1) is 24.1 Å². The molecule has 1 aromatic heterocycles. The van der Waals surface area contributed by atoms with Crippen molar-refractivity contribution < 1.29 is 13.7 Å². The van der Waals surface area contributed by atoms with Crippen molar-refractivity contribution in [3.8, 4) is 11.3 Å². The first-order chi connectivity index (χ1) is 10.8. The van der Waals surface area contributed by atoms with Gasteiger partial charge in [-0.05, 0) is 30.4 Å². The third-order valence-electron chi connectivity index (χ3n) is 4.60. The number of halogens is 1. The Morgan fingerprint density at radius 1 is 1.30 bits per heavy atom. The van der Waals surface area contributed by atoms with Crippen LogP contribution in [0.2, 0.25) is 0 Å². The van der Waals surface area contributed by atoms with Gasteiger partial charge in [0.1, 0.15) is 22.8 Å². The van der Waals surface area contributed by atoms with E-state index in [1.165, 1.54) is 6.07 Å². The summed E-state index contributed by atoms with van der Waals surface area (Å²) in [6, 6.07) is 6.29. The van der Waals surface area contributed by atoms with Crippen molar-refractivity contribution in [2.24, 2.45) is 11.3 Å². The topological polar surface area (TPSA) is 46.3 Å². The van der Waals surface area contributed by atoms with Gasteiger partial charge in [0.15, 0.2) is 0 Å². The van der Waals surface area contributed by atoms with E-state index in [0.717, 1.165) is 0 Å². The Bertz CT molecular complexity index is 740. The van der Waals surface area contributed by atoms with Gasteiger partial charge in [0.05, 0.1) is 0 Å². The maximum Gasteiger partial charge on any atom is 0.259 e. The van der Waals surface area contributed by atoms with Gasteiger partial charge in [0.2, 0.25) is 0 Å². The highest BCUT2D eigenvalue weighted by Gasteiger charge is 2.40. The van der Waals surface area contributed by atoms with Crippen LogP contribution in [0.1, 0.15) is 36.9 Å². The third-order valence-corrected chi connectivity index (χ3v) is 4.60. The second kappa shape index (κ2) is 5.48. The van der Waals surface area contributed by atoms with E-state index in [1.54, 1.807) is 30.0 Å². The monoisotopic (exact) mass is 316 g/mol. The molecule has 4 nitrogen and oxygen atoms in total. The molecule has 122 valence electrons. The van der Waals surface area contributed by atoms with E-state index in [0.29, 0.717) is 35.9 Å². The average molecular weight is 316 g/mol. The van der Waals surface area contributed by atoms with E-state index in [2.05, 4.69) is 25.9 Å². The minimum absolute atomic E-state index is 0.137. The number of carbonyl (C=O) groups excluding carboxylic acids is 1. The first-order valence-electron chi connectivity index (χ1n) is 7.79. The van der Waals surface area contributed by atoms with Gasteiger partial charge >= 0.3 is 0 Å². The molecule has 0 N–H and O–H groups in total. The molecule has 5 heteroatoms. The second-order valence-electron chi connectivity index (χ2n) is 7.22. The molecule has 1 saturated heterocycles. The van der Waals surface area contributed by atoms with Crippen LogP contribution in [0.25, 0.3) is 11.3 Å². The van der Waals surface area contributed by atoms with Crippen molar-refractivity contribution in [3.63, 3.8) is 0 Å². The lowest BCUT2D eigenvalue weighted by Crippen LogP contribution is -2.54. The number of benzene rings is 1. The first kappa shape index (κ1) is 15.7. The van der Waals surface area contributed by atoms with Crippen LogP contribution in [0.4, 0.5) is 4.39 Å². The van der Waals surface area contributed by atoms with Crippen LogP contribution in [0.15, 0.2) is 28.8 Å². The fraction of sp³-hybridized carbons (Fsp3) is 0.444. The van der Waals surface area contributed by atoms with Crippen LogP contribution in [-0.4, -0.2) is 29.1 Å². The van der Waals surface area contributed by atoms with Crippen molar-refractivity contribution in [2.75, 3.05) is 13.1 Å². The van der Waals surface area contributed by atoms with E-state index in [9.17, 15) is 9.18 Å². The molecule has 1 aromatic carbocycles. The molecular weight excluding hydrogens is 295 g/mol. The number of hydrogen-bond donors (Lipinski definition) is 0. The molecule has 0 radical (unpaired) electrons. The van der Waals surface area contributed by atoms with Crippen molar-refractivity contribution >= 4 is 5.91 Å². The molecule has 0 atom stereocenters. The largest absolute Gasteiger partial charge is 0.360 e. The number of hydrogen-bond acceptors (Lipinski definition) is 3. The molecule has 1 aliphatic heterocycles. The quantitative estimate of drug-likeness (QED) is 0.844. The van der Waals surface area contributed by atoms with E-state index in [1.807, 2.05) is 0 Å².